The first-order valence-electron chi connectivity index (χ1n) is 7.68. The van der Waals surface area contributed by atoms with Crippen LogP contribution in [0.5, 0.6) is 0 Å². The van der Waals surface area contributed by atoms with Crippen LogP contribution in [0.1, 0.15) is 30.7 Å². The third kappa shape index (κ3) is 3.59. The Morgan fingerprint density at radius 2 is 1.95 bits per heavy atom. The van der Waals surface area contributed by atoms with Crippen LogP contribution in [0.3, 0.4) is 0 Å². The van der Waals surface area contributed by atoms with E-state index in [2.05, 4.69) is 36.5 Å². The number of anilines is 1. The minimum Gasteiger partial charge on any atom is -0.390 e. The molecular weight excluding hydrogens is 348 g/mol. The van der Waals surface area contributed by atoms with Gasteiger partial charge in [0.15, 0.2) is 5.82 Å². The number of hydrogen-bond acceptors (Lipinski definition) is 6. The van der Waals surface area contributed by atoms with Gasteiger partial charge in [0, 0.05) is 19.7 Å². The van der Waals surface area contributed by atoms with Crippen molar-refractivity contribution in [3.05, 3.63) is 16.0 Å². The van der Waals surface area contributed by atoms with Crippen LogP contribution in [0.2, 0.25) is 0 Å². The van der Waals surface area contributed by atoms with Crippen molar-refractivity contribution in [3.8, 4) is 0 Å². The van der Waals surface area contributed by atoms with Crippen molar-refractivity contribution in [1.29, 1.82) is 0 Å². The van der Waals surface area contributed by atoms with E-state index in [9.17, 15) is 5.11 Å². The molecule has 0 unspecified atom stereocenters. The summed E-state index contributed by atoms with van der Waals surface area (Å²) >= 11 is 3.37. The Hall–Kier alpha value is -0.760. The number of aromatic nitrogens is 2. The number of piperidine rings is 1. The molecule has 0 radical (unpaired) electrons. The highest BCUT2D eigenvalue weighted by Crippen LogP contribution is 2.40. The Bertz CT molecular complexity index is 497. The maximum atomic E-state index is 9.50. The monoisotopic (exact) mass is 372 g/mol. The van der Waals surface area contributed by atoms with E-state index in [0.717, 1.165) is 50.7 Å². The molecular formula is C15H25BrN4O2. The number of aliphatic hydroxyl groups is 1. The van der Waals surface area contributed by atoms with Crippen LogP contribution in [0.15, 0.2) is 4.60 Å². The summed E-state index contributed by atoms with van der Waals surface area (Å²) in [7, 11) is 1.50. The molecule has 7 heteroatoms. The fraction of sp³-hybridized carbons (Fsp3) is 0.733. The number of nitrogens with zero attached hydrogens (tertiary/aromatic N) is 3. The van der Waals surface area contributed by atoms with Crippen molar-refractivity contribution in [2.75, 3.05) is 38.3 Å². The summed E-state index contributed by atoms with van der Waals surface area (Å²) in [4.78, 5) is 11.3. The van der Waals surface area contributed by atoms with E-state index in [-0.39, 0.29) is 6.61 Å². The summed E-state index contributed by atoms with van der Waals surface area (Å²) in [5.74, 6) is 0.835. The molecule has 124 valence electrons. The maximum absolute atomic E-state index is 9.50. The number of nitrogens with two attached hydrogens (primary N) is 1. The molecule has 2 aliphatic heterocycles. The smallest absolute Gasteiger partial charge is 0.153 e. The average Bonchev–Trinajstić information content (AvgIpc) is 3.00. The Morgan fingerprint density at radius 1 is 1.27 bits per heavy atom. The first kappa shape index (κ1) is 17.6. The van der Waals surface area contributed by atoms with E-state index in [4.69, 9.17) is 4.74 Å². The zero-order valence-electron chi connectivity index (χ0n) is 13.3. The molecule has 3 rings (SSSR count). The number of aliphatic hydroxyl groups excluding tert-OH is 1. The molecule has 1 aromatic rings. The van der Waals surface area contributed by atoms with Crippen LogP contribution in [0.25, 0.3) is 0 Å². The summed E-state index contributed by atoms with van der Waals surface area (Å²) in [5, 5.41) is 9.50. The van der Waals surface area contributed by atoms with E-state index in [0.29, 0.717) is 15.7 Å². The SMILES string of the molecule is CN.Cc1nc(N2CCC3(CCOC3)CC2)c(CO)nc1Br. The van der Waals surface area contributed by atoms with Crippen LogP contribution in [-0.2, 0) is 11.3 Å². The van der Waals surface area contributed by atoms with Gasteiger partial charge < -0.3 is 20.5 Å². The van der Waals surface area contributed by atoms with E-state index >= 15 is 0 Å². The lowest BCUT2D eigenvalue weighted by atomic mass is 9.78. The first-order valence-corrected chi connectivity index (χ1v) is 8.47. The first-order chi connectivity index (χ1) is 10.6. The fourth-order valence-corrected chi connectivity index (χ4v) is 3.42. The molecule has 3 heterocycles. The number of hydrogen-bond donors (Lipinski definition) is 2. The Balaban J connectivity index is 0.000000847. The lowest BCUT2D eigenvalue weighted by Crippen LogP contribution is -2.41. The molecule has 1 spiro atoms. The van der Waals surface area contributed by atoms with Crippen molar-refractivity contribution in [2.45, 2.75) is 32.8 Å². The van der Waals surface area contributed by atoms with Crippen molar-refractivity contribution < 1.29 is 9.84 Å². The summed E-state index contributed by atoms with van der Waals surface area (Å²) < 4.78 is 6.28. The second kappa shape index (κ2) is 7.68. The second-order valence-corrected chi connectivity index (χ2v) is 6.57. The van der Waals surface area contributed by atoms with Crippen molar-refractivity contribution in [3.63, 3.8) is 0 Å². The van der Waals surface area contributed by atoms with Crippen LogP contribution in [-0.4, -0.2) is 48.4 Å². The van der Waals surface area contributed by atoms with Crippen LogP contribution >= 0.6 is 15.9 Å². The highest BCUT2D eigenvalue weighted by atomic mass is 79.9. The number of halogens is 1. The molecule has 2 saturated heterocycles. The Labute approximate surface area is 140 Å². The molecule has 0 atom stereocenters. The van der Waals surface area contributed by atoms with Gasteiger partial charge in [-0.15, -0.1) is 0 Å². The molecule has 3 N–H and O–H groups in total. The van der Waals surface area contributed by atoms with E-state index in [1.807, 2.05) is 6.92 Å². The van der Waals surface area contributed by atoms with Crippen LogP contribution in [0, 0.1) is 12.3 Å². The third-order valence-electron chi connectivity index (χ3n) is 4.52. The zero-order valence-corrected chi connectivity index (χ0v) is 14.9. The van der Waals surface area contributed by atoms with Crippen molar-refractivity contribution in [2.24, 2.45) is 11.1 Å². The van der Waals surface area contributed by atoms with Crippen molar-refractivity contribution in [1.82, 2.24) is 9.97 Å². The molecule has 0 amide bonds. The normalized spacial score (nSPS) is 20.0. The van der Waals surface area contributed by atoms with Crippen LogP contribution < -0.4 is 10.6 Å². The topological polar surface area (TPSA) is 84.5 Å². The summed E-state index contributed by atoms with van der Waals surface area (Å²) in [5.41, 5.74) is 6.40. The maximum Gasteiger partial charge on any atom is 0.153 e. The quantitative estimate of drug-likeness (QED) is 0.820. The van der Waals surface area contributed by atoms with Gasteiger partial charge in [-0.1, -0.05) is 0 Å². The van der Waals surface area contributed by atoms with E-state index in [1.54, 1.807) is 0 Å². The van der Waals surface area contributed by atoms with Gasteiger partial charge >= 0.3 is 0 Å². The molecule has 6 nitrogen and oxygen atoms in total. The van der Waals surface area contributed by atoms with E-state index in [1.165, 1.54) is 13.5 Å². The summed E-state index contributed by atoms with van der Waals surface area (Å²) in [6.45, 7) is 5.58. The lowest BCUT2D eigenvalue weighted by Gasteiger charge is -2.39. The average molecular weight is 373 g/mol. The largest absolute Gasteiger partial charge is 0.390 e. The van der Waals surface area contributed by atoms with Gasteiger partial charge in [-0.25, -0.2) is 9.97 Å². The summed E-state index contributed by atoms with van der Waals surface area (Å²) in [6.07, 6.45) is 3.45. The second-order valence-electron chi connectivity index (χ2n) is 5.82. The summed E-state index contributed by atoms with van der Waals surface area (Å²) in [6, 6.07) is 0. The molecule has 2 fully saturated rings. The third-order valence-corrected chi connectivity index (χ3v) is 5.27. The number of ether oxygens (including phenoxy) is 1. The van der Waals surface area contributed by atoms with Gasteiger partial charge in [0.25, 0.3) is 0 Å². The number of aryl methyl sites for hydroxylation is 1. The predicted octanol–water partition coefficient (Wildman–Crippen LogP) is 1.62. The van der Waals surface area contributed by atoms with Gasteiger partial charge in [-0.3, -0.25) is 0 Å². The minimum atomic E-state index is -0.0774. The molecule has 1 aromatic heterocycles. The molecule has 22 heavy (non-hydrogen) atoms. The van der Waals surface area contributed by atoms with Gasteiger partial charge in [0.1, 0.15) is 10.3 Å². The highest BCUT2D eigenvalue weighted by molar-refractivity contribution is 9.10. The molecule has 0 saturated carbocycles. The van der Waals surface area contributed by atoms with Gasteiger partial charge in [0.2, 0.25) is 0 Å². The number of rotatable bonds is 2. The fourth-order valence-electron chi connectivity index (χ4n) is 3.11. The van der Waals surface area contributed by atoms with Crippen molar-refractivity contribution >= 4 is 21.7 Å². The molecule has 0 bridgehead atoms. The van der Waals surface area contributed by atoms with E-state index < -0.39 is 0 Å². The minimum absolute atomic E-state index is 0.0774. The van der Waals surface area contributed by atoms with Gasteiger partial charge in [-0.05, 0) is 54.6 Å². The molecule has 0 aromatic carbocycles. The van der Waals surface area contributed by atoms with Crippen LogP contribution in [0.4, 0.5) is 5.82 Å². The Morgan fingerprint density at radius 3 is 2.50 bits per heavy atom. The predicted molar refractivity (Wildman–Crippen MR) is 89.8 cm³/mol. The molecule has 2 aliphatic rings. The molecule has 0 aliphatic carbocycles. The lowest BCUT2D eigenvalue weighted by molar-refractivity contribution is 0.133. The Kier molecular flexibility index (Phi) is 6.14. The standard InChI is InChI=1S/C14H20BrN3O2.CH5N/c1-10-12(15)17-11(8-19)13(16-10)18-5-2-14(3-6-18)4-7-20-9-14;1-2/h19H,2-9H2,1H3;2H2,1H3. The van der Waals surface area contributed by atoms with Gasteiger partial charge in [0.05, 0.1) is 18.9 Å². The zero-order chi connectivity index (χ0) is 16.2. The van der Waals surface area contributed by atoms with Gasteiger partial charge in [-0.2, -0.15) is 0 Å². The highest BCUT2D eigenvalue weighted by Gasteiger charge is 2.38.